The van der Waals surface area contributed by atoms with Crippen LogP contribution in [0.15, 0.2) is 42.5 Å². The van der Waals surface area contributed by atoms with Crippen LogP contribution in [-0.4, -0.2) is 10.9 Å². The third-order valence-corrected chi connectivity index (χ3v) is 3.88. The third-order valence-electron chi connectivity index (χ3n) is 3.03. The molecule has 0 fully saturated rings. The minimum atomic E-state index is -0.293. The zero-order chi connectivity index (χ0) is 14.8. The van der Waals surface area contributed by atoms with Crippen LogP contribution in [-0.2, 0) is 6.54 Å². The second-order valence-corrected chi connectivity index (χ2v) is 5.61. The second kappa shape index (κ2) is 5.49. The molecule has 106 valence electrons. The van der Waals surface area contributed by atoms with Gasteiger partial charge in [-0.1, -0.05) is 23.5 Å². The molecule has 0 aliphatic rings. The van der Waals surface area contributed by atoms with E-state index in [4.69, 9.17) is 5.73 Å². The number of rotatable bonds is 3. The maximum absolute atomic E-state index is 12.8. The molecule has 3 aromatic rings. The lowest BCUT2D eigenvalue weighted by Gasteiger charge is -2.05. The maximum Gasteiger partial charge on any atom is 0.251 e. The summed E-state index contributed by atoms with van der Waals surface area (Å²) in [7, 11) is 0. The van der Waals surface area contributed by atoms with E-state index >= 15 is 0 Å². The highest BCUT2D eigenvalue weighted by atomic mass is 32.1. The summed E-state index contributed by atoms with van der Waals surface area (Å²) in [5.41, 5.74) is 7.81. The maximum atomic E-state index is 12.8. The number of carbonyl (C=O) groups excluding carboxylic acids is 1. The fraction of sp³-hybridized carbons (Fsp3) is 0.0667. The van der Waals surface area contributed by atoms with Crippen LogP contribution in [0.25, 0.3) is 10.2 Å². The van der Waals surface area contributed by atoms with Gasteiger partial charge in [0.05, 0.1) is 10.2 Å². The van der Waals surface area contributed by atoms with E-state index in [1.54, 1.807) is 30.3 Å². The van der Waals surface area contributed by atoms with Crippen LogP contribution in [0.5, 0.6) is 0 Å². The van der Waals surface area contributed by atoms with Gasteiger partial charge in [-0.15, -0.1) is 0 Å². The molecule has 0 aliphatic carbocycles. The lowest BCUT2D eigenvalue weighted by Crippen LogP contribution is -2.22. The number of anilines is 1. The van der Waals surface area contributed by atoms with Crippen molar-refractivity contribution in [1.29, 1.82) is 0 Å². The molecule has 0 atom stereocenters. The van der Waals surface area contributed by atoms with Crippen LogP contribution >= 0.6 is 11.3 Å². The summed E-state index contributed by atoms with van der Waals surface area (Å²) >= 11 is 1.34. The SMILES string of the molecule is Nc1nc2ccc(C(=O)NCc3ccc(F)cc3)cc2s1. The number of nitrogens with two attached hydrogens (primary N) is 1. The van der Waals surface area contributed by atoms with Crippen LogP contribution in [0.2, 0.25) is 0 Å². The van der Waals surface area contributed by atoms with Crippen molar-refractivity contribution in [1.82, 2.24) is 10.3 Å². The van der Waals surface area contributed by atoms with Gasteiger partial charge in [-0.05, 0) is 35.9 Å². The summed E-state index contributed by atoms with van der Waals surface area (Å²) in [4.78, 5) is 16.2. The van der Waals surface area contributed by atoms with Crippen LogP contribution in [0.4, 0.5) is 9.52 Å². The summed E-state index contributed by atoms with van der Waals surface area (Å²) in [5.74, 6) is -0.480. The standard InChI is InChI=1S/C15H12FN3OS/c16-11-4-1-9(2-5-11)8-18-14(20)10-3-6-12-13(7-10)21-15(17)19-12/h1-7H,8H2,(H2,17,19)(H,18,20). The molecule has 0 aliphatic heterocycles. The number of nitrogen functional groups attached to an aromatic ring is 1. The Kier molecular flexibility index (Phi) is 3.53. The van der Waals surface area contributed by atoms with E-state index in [-0.39, 0.29) is 11.7 Å². The Balaban J connectivity index is 1.72. The average Bonchev–Trinajstić information content (AvgIpc) is 2.85. The molecule has 3 rings (SSSR count). The van der Waals surface area contributed by atoms with Crippen LogP contribution in [0, 0.1) is 5.82 Å². The normalized spacial score (nSPS) is 10.7. The van der Waals surface area contributed by atoms with Crippen molar-refractivity contribution in [2.24, 2.45) is 0 Å². The number of thiazole rings is 1. The average molecular weight is 301 g/mol. The van der Waals surface area contributed by atoms with Crippen molar-refractivity contribution in [3.8, 4) is 0 Å². The quantitative estimate of drug-likeness (QED) is 0.781. The largest absolute Gasteiger partial charge is 0.375 e. The number of benzene rings is 2. The highest BCUT2D eigenvalue weighted by molar-refractivity contribution is 7.22. The Morgan fingerprint density at radius 1 is 1.24 bits per heavy atom. The fourth-order valence-corrected chi connectivity index (χ4v) is 2.74. The van der Waals surface area contributed by atoms with Gasteiger partial charge in [0.25, 0.3) is 5.91 Å². The van der Waals surface area contributed by atoms with E-state index < -0.39 is 0 Å². The molecular formula is C15H12FN3OS. The molecule has 4 nitrogen and oxygen atoms in total. The molecule has 2 aromatic carbocycles. The number of carbonyl (C=O) groups is 1. The molecule has 0 saturated carbocycles. The van der Waals surface area contributed by atoms with Crippen molar-refractivity contribution >= 4 is 32.6 Å². The molecule has 0 radical (unpaired) electrons. The molecule has 0 saturated heterocycles. The summed E-state index contributed by atoms with van der Waals surface area (Å²) < 4.78 is 13.7. The fourth-order valence-electron chi connectivity index (χ4n) is 1.97. The van der Waals surface area contributed by atoms with Gasteiger partial charge in [0.15, 0.2) is 5.13 Å². The molecule has 21 heavy (non-hydrogen) atoms. The van der Waals surface area contributed by atoms with Gasteiger partial charge >= 0.3 is 0 Å². The number of hydrogen-bond acceptors (Lipinski definition) is 4. The summed E-state index contributed by atoms with van der Waals surface area (Å²) in [5, 5.41) is 3.28. The third kappa shape index (κ3) is 3.00. The van der Waals surface area contributed by atoms with Gasteiger partial charge in [0.2, 0.25) is 0 Å². The molecular weight excluding hydrogens is 289 g/mol. The Morgan fingerprint density at radius 2 is 2.00 bits per heavy atom. The van der Waals surface area contributed by atoms with E-state index in [1.165, 1.54) is 23.5 Å². The van der Waals surface area contributed by atoms with Crippen molar-refractivity contribution in [2.75, 3.05) is 5.73 Å². The number of amides is 1. The van der Waals surface area contributed by atoms with E-state index in [0.717, 1.165) is 15.8 Å². The first kappa shape index (κ1) is 13.5. The predicted molar refractivity (Wildman–Crippen MR) is 81.6 cm³/mol. The van der Waals surface area contributed by atoms with E-state index in [1.807, 2.05) is 0 Å². The van der Waals surface area contributed by atoms with E-state index in [2.05, 4.69) is 10.3 Å². The molecule has 6 heteroatoms. The topological polar surface area (TPSA) is 68.0 Å². The number of halogens is 1. The Bertz CT molecular complexity index is 798. The number of nitrogens with zero attached hydrogens (tertiary/aromatic N) is 1. The molecule has 0 spiro atoms. The molecule has 1 heterocycles. The van der Waals surface area contributed by atoms with Gasteiger partial charge in [-0.25, -0.2) is 9.37 Å². The smallest absolute Gasteiger partial charge is 0.251 e. The van der Waals surface area contributed by atoms with Crippen molar-refractivity contribution in [3.63, 3.8) is 0 Å². The zero-order valence-electron chi connectivity index (χ0n) is 11.0. The Morgan fingerprint density at radius 3 is 2.76 bits per heavy atom. The van der Waals surface area contributed by atoms with Crippen LogP contribution in [0.3, 0.4) is 0 Å². The van der Waals surface area contributed by atoms with Gasteiger partial charge in [0, 0.05) is 12.1 Å². The number of hydrogen-bond donors (Lipinski definition) is 2. The Hall–Kier alpha value is -2.47. The van der Waals surface area contributed by atoms with Crippen molar-refractivity contribution in [3.05, 3.63) is 59.4 Å². The predicted octanol–water partition coefficient (Wildman–Crippen LogP) is 2.95. The number of aromatic nitrogens is 1. The second-order valence-electron chi connectivity index (χ2n) is 4.54. The van der Waals surface area contributed by atoms with E-state index in [0.29, 0.717) is 17.2 Å². The highest BCUT2D eigenvalue weighted by Crippen LogP contribution is 2.24. The first-order valence-corrected chi connectivity index (χ1v) is 7.12. The lowest BCUT2D eigenvalue weighted by molar-refractivity contribution is 0.0951. The minimum Gasteiger partial charge on any atom is -0.375 e. The van der Waals surface area contributed by atoms with Gasteiger partial charge in [-0.2, -0.15) is 0 Å². The number of nitrogens with one attached hydrogen (secondary N) is 1. The van der Waals surface area contributed by atoms with Crippen molar-refractivity contribution in [2.45, 2.75) is 6.54 Å². The van der Waals surface area contributed by atoms with E-state index in [9.17, 15) is 9.18 Å². The first-order chi connectivity index (χ1) is 10.1. The minimum absolute atomic E-state index is 0.187. The molecule has 3 N–H and O–H groups in total. The summed E-state index contributed by atoms with van der Waals surface area (Å²) in [6.45, 7) is 0.349. The molecule has 1 aromatic heterocycles. The van der Waals surface area contributed by atoms with Crippen LogP contribution in [0.1, 0.15) is 15.9 Å². The van der Waals surface area contributed by atoms with Gasteiger partial charge in [0.1, 0.15) is 5.82 Å². The molecule has 0 unspecified atom stereocenters. The molecule has 1 amide bonds. The first-order valence-electron chi connectivity index (χ1n) is 6.30. The zero-order valence-corrected chi connectivity index (χ0v) is 11.8. The monoisotopic (exact) mass is 301 g/mol. The van der Waals surface area contributed by atoms with Gasteiger partial charge in [-0.3, -0.25) is 4.79 Å². The number of fused-ring (bicyclic) bond motifs is 1. The van der Waals surface area contributed by atoms with Crippen LogP contribution < -0.4 is 11.1 Å². The Labute approximate surface area is 124 Å². The molecule has 0 bridgehead atoms. The summed E-state index contributed by atoms with van der Waals surface area (Å²) in [6.07, 6.45) is 0. The summed E-state index contributed by atoms with van der Waals surface area (Å²) in [6, 6.07) is 11.3. The van der Waals surface area contributed by atoms with Gasteiger partial charge < -0.3 is 11.1 Å². The van der Waals surface area contributed by atoms with Crippen molar-refractivity contribution < 1.29 is 9.18 Å². The lowest BCUT2D eigenvalue weighted by atomic mass is 10.2. The highest BCUT2D eigenvalue weighted by Gasteiger charge is 2.08.